The van der Waals surface area contributed by atoms with Crippen LogP contribution in [0.2, 0.25) is 0 Å². The van der Waals surface area contributed by atoms with Crippen LogP contribution in [0.25, 0.3) is 10.2 Å². The third-order valence-electron chi connectivity index (χ3n) is 4.28. The number of fused-ring (bicyclic) bond motifs is 1. The van der Waals surface area contributed by atoms with Crippen molar-refractivity contribution in [2.24, 2.45) is 0 Å². The van der Waals surface area contributed by atoms with Gasteiger partial charge in [0.2, 0.25) is 5.91 Å². The summed E-state index contributed by atoms with van der Waals surface area (Å²) in [6.07, 6.45) is 3.15. The first-order valence-corrected chi connectivity index (χ1v) is 9.07. The van der Waals surface area contributed by atoms with Crippen molar-refractivity contribution in [2.75, 3.05) is 33.2 Å². The molecule has 1 aliphatic heterocycles. The van der Waals surface area contributed by atoms with Crippen molar-refractivity contribution in [3.63, 3.8) is 0 Å². The lowest BCUT2D eigenvalue weighted by Gasteiger charge is -2.31. The Kier molecular flexibility index (Phi) is 9.67. The molecule has 3 rings (SSSR count). The van der Waals surface area contributed by atoms with Crippen molar-refractivity contribution in [3.8, 4) is 0 Å². The molecule has 0 radical (unpaired) electrons. The zero-order valence-corrected chi connectivity index (χ0v) is 16.8. The lowest BCUT2D eigenvalue weighted by molar-refractivity contribution is -0.122. The van der Waals surface area contributed by atoms with E-state index in [2.05, 4.69) is 26.6 Å². The molecule has 2 heterocycles. The normalized spacial score (nSPS) is 17.6. The van der Waals surface area contributed by atoms with Crippen molar-refractivity contribution in [1.29, 1.82) is 0 Å². The van der Waals surface area contributed by atoms with Crippen molar-refractivity contribution in [2.45, 2.75) is 25.3 Å². The van der Waals surface area contributed by atoms with Gasteiger partial charge in [0.1, 0.15) is 0 Å². The van der Waals surface area contributed by atoms with Crippen LogP contribution < -0.4 is 10.6 Å². The summed E-state index contributed by atoms with van der Waals surface area (Å²) in [4.78, 5) is 18.9. The number of hydrogen-bond acceptors (Lipinski definition) is 5. The van der Waals surface area contributed by atoms with Crippen LogP contribution in [0.15, 0.2) is 24.3 Å². The Labute approximate surface area is 165 Å². The van der Waals surface area contributed by atoms with Gasteiger partial charge in [-0.3, -0.25) is 9.69 Å². The average molecular weight is 405 g/mol. The van der Waals surface area contributed by atoms with E-state index in [0.29, 0.717) is 19.1 Å². The molecular weight excluding hydrogens is 379 g/mol. The van der Waals surface area contributed by atoms with Gasteiger partial charge in [0.05, 0.1) is 21.8 Å². The van der Waals surface area contributed by atoms with Gasteiger partial charge in [-0.25, -0.2) is 4.98 Å². The first kappa shape index (κ1) is 22.1. The Morgan fingerprint density at radius 2 is 2.16 bits per heavy atom. The lowest BCUT2D eigenvalue weighted by Crippen LogP contribution is -2.48. The number of nitrogens with zero attached hydrogens (tertiary/aromatic N) is 2. The summed E-state index contributed by atoms with van der Waals surface area (Å²) < 4.78 is 1.21. The number of carbonyl (C=O) groups is 1. The van der Waals surface area contributed by atoms with Crippen LogP contribution in [0.5, 0.6) is 0 Å². The van der Waals surface area contributed by atoms with Crippen LogP contribution >= 0.6 is 36.2 Å². The summed E-state index contributed by atoms with van der Waals surface area (Å²) in [5, 5.41) is 7.41. The summed E-state index contributed by atoms with van der Waals surface area (Å²) in [7, 11) is 1.99. The number of benzene rings is 1. The van der Waals surface area contributed by atoms with Crippen LogP contribution in [0.4, 0.5) is 0 Å². The Balaban J connectivity index is 0.00000156. The zero-order chi connectivity index (χ0) is 16.1. The van der Waals surface area contributed by atoms with E-state index in [-0.39, 0.29) is 30.7 Å². The van der Waals surface area contributed by atoms with Crippen LogP contribution in [0.1, 0.15) is 17.8 Å². The molecule has 2 aromatic rings. The maximum atomic E-state index is 12.1. The minimum absolute atomic E-state index is 0. The van der Waals surface area contributed by atoms with Crippen LogP contribution in [0.3, 0.4) is 0 Å². The summed E-state index contributed by atoms with van der Waals surface area (Å²) >= 11 is 1.71. The number of nitrogens with one attached hydrogen (secondary N) is 2. The van der Waals surface area contributed by atoms with Gasteiger partial charge in [-0.2, -0.15) is 0 Å². The molecular formula is C17H26Cl2N4OS. The molecule has 1 aromatic heterocycles. The monoisotopic (exact) mass is 404 g/mol. The molecule has 1 fully saturated rings. The lowest BCUT2D eigenvalue weighted by atomic mass is 10.1. The molecule has 140 valence electrons. The highest BCUT2D eigenvalue weighted by atomic mass is 35.5. The van der Waals surface area contributed by atoms with E-state index in [9.17, 15) is 4.79 Å². The first-order chi connectivity index (χ1) is 11.2. The molecule has 0 aliphatic carbocycles. The number of likely N-dealkylation sites (tertiary alicyclic amines) is 1. The molecule has 0 spiro atoms. The predicted octanol–water partition coefficient (Wildman–Crippen LogP) is 2.48. The van der Waals surface area contributed by atoms with Gasteiger partial charge >= 0.3 is 0 Å². The number of aromatic nitrogens is 1. The zero-order valence-electron chi connectivity index (χ0n) is 14.4. The average Bonchev–Trinajstić information content (AvgIpc) is 2.97. The maximum Gasteiger partial charge on any atom is 0.234 e. The molecule has 25 heavy (non-hydrogen) atoms. The van der Waals surface area contributed by atoms with Crippen LogP contribution in [0, 0.1) is 0 Å². The fourth-order valence-electron chi connectivity index (χ4n) is 3.03. The molecule has 1 aliphatic rings. The van der Waals surface area contributed by atoms with Crippen molar-refractivity contribution < 1.29 is 4.79 Å². The van der Waals surface area contributed by atoms with E-state index in [1.807, 2.05) is 25.2 Å². The van der Waals surface area contributed by atoms with Gasteiger partial charge in [-0.05, 0) is 38.6 Å². The SMILES string of the molecule is CNC1CCCN(CC(=O)NCCc2nc3ccccc3s2)C1.Cl.Cl. The predicted molar refractivity (Wildman–Crippen MR) is 109 cm³/mol. The van der Waals surface area contributed by atoms with Gasteiger partial charge in [0, 0.05) is 25.6 Å². The van der Waals surface area contributed by atoms with Gasteiger partial charge in [0.15, 0.2) is 0 Å². The molecule has 0 bridgehead atoms. The van der Waals surface area contributed by atoms with Gasteiger partial charge in [-0.1, -0.05) is 12.1 Å². The Hall–Kier alpha value is -0.920. The second-order valence-electron chi connectivity index (χ2n) is 6.04. The third kappa shape index (κ3) is 6.38. The number of amides is 1. The standard InChI is InChI=1S/C17H24N4OS.2ClH/c1-18-13-5-4-10-21(11-13)12-16(22)19-9-8-17-20-14-6-2-3-7-15(14)23-17;;/h2-3,6-7,13,18H,4-5,8-12H2,1H3,(H,19,22);2*1H. The van der Waals surface area contributed by atoms with Gasteiger partial charge < -0.3 is 10.6 Å². The number of piperidine rings is 1. The van der Waals surface area contributed by atoms with Crippen molar-refractivity contribution in [3.05, 3.63) is 29.3 Å². The third-order valence-corrected chi connectivity index (χ3v) is 5.38. The van der Waals surface area contributed by atoms with E-state index in [1.165, 1.54) is 11.1 Å². The van der Waals surface area contributed by atoms with Crippen molar-refractivity contribution >= 4 is 52.3 Å². The van der Waals surface area contributed by atoms with E-state index in [0.717, 1.165) is 36.5 Å². The molecule has 0 saturated carbocycles. The van der Waals surface area contributed by atoms with E-state index >= 15 is 0 Å². The quantitative estimate of drug-likeness (QED) is 0.776. The Morgan fingerprint density at radius 1 is 1.36 bits per heavy atom. The Bertz CT molecular complexity index is 634. The second-order valence-corrected chi connectivity index (χ2v) is 7.15. The number of halogens is 2. The fourth-order valence-corrected chi connectivity index (χ4v) is 4.00. The molecule has 8 heteroatoms. The largest absolute Gasteiger partial charge is 0.355 e. The number of thiazole rings is 1. The number of hydrogen-bond donors (Lipinski definition) is 2. The summed E-state index contributed by atoms with van der Waals surface area (Å²) in [5.41, 5.74) is 1.05. The minimum Gasteiger partial charge on any atom is -0.355 e. The topological polar surface area (TPSA) is 57.3 Å². The summed E-state index contributed by atoms with van der Waals surface area (Å²) in [5.74, 6) is 0.114. The first-order valence-electron chi connectivity index (χ1n) is 8.25. The van der Waals surface area contributed by atoms with Crippen LogP contribution in [-0.2, 0) is 11.2 Å². The minimum atomic E-state index is 0. The number of carbonyl (C=O) groups excluding carboxylic acids is 1. The smallest absolute Gasteiger partial charge is 0.234 e. The van der Waals surface area contributed by atoms with E-state index < -0.39 is 0 Å². The highest BCUT2D eigenvalue weighted by Gasteiger charge is 2.20. The van der Waals surface area contributed by atoms with E-state index in [1.54, 1.807) is 11.3 Å². The summed E-state index contributed by atoms with van der Waals surface area (Å²) in [6, 6.07) is 8.67. The number of rotatable bonds is 6. The molecule has 1 aromatic carbocycles. The molecule has 5 nitrogen and oxygen atoms in total. The highest BCUT2D eigenvalue weighted by molar-refractivity contribution is 7.18. The fraction of sp³-hybridized carbons (Fsp3) is 0.529. The van der Waals surface area contributed by atoms with Gasteiger partial charge in [0.25, 0.3) is 0 Å². The Morgan fingerprint density at radius 3 is 2.92 bits per heavy atom. The molecule has 2 N–H and O–H groups in total. The highest BCUT2D eigenvalue weighted by Crippen LogP contribution is 2.21. The summed E-state index contributed by atoms with van der Waals surface area (Å²) in [6.45, 7) is 3.13. The van der Waals surface area contributed by atoms with Crippen molar-refractivity contribution in [1.82, 2.24) is 20.5 Å². The number of para-hydroxylation sites is 1. The maximum absolute atomic E-state index is 12.1. The molecule has 1 atom stereocenters. The molecule has 1 saturated heterocycles. The second kappa shape index (κ2) is 10.9. The number of likely N-dealkylation sites (N-methyl/N-ethyl adjacent to an activating group) is 1. The van der Waals surface area contributed by atoms with Gasteiger partial charge in [-0.15, -0.1) is 36.2 Å². The molecule has 1 amide bonds. The molecule has 1 unspecified atom stereocenters. The van der Waals surface area contributed by atoms with Crippen LogP contribution in [-0.4, -0.2) is 55.1 Å². The van der Waals surface area contributed by atoms with E-state index in [4.69, 9.17) is 0 Å².